The molecule has 0 aliphatic rings. The Labute approximate surface area is 209 Å². The monoisotopic (exact) mass is 506 g/mol. The van der Waals surface area contributed by atoms with E-state index in [0.717, 1.165) is 28.0 Å². The molecule has 0 unspecified atom stereocenters. The Hall–Kier alpha value is -3.62. The molecule has 3 aromatic carbocycles. The van der Waals surface area contributed by atoms with Crippen molar-refractivity contribution in [1.29, 1.82) is 0 Å². The van der Waals surface area contributed by atoms with Crippen LogP contribution in [-0.4, -0.2) is 21.3 Å². The highest BCUT2D eigenvalue weighted by molar-refractivity contribution is 7.92. The fourth-order valence-corrected chi connectivity index (χ4v) is 6.70. The Bertz CT molecular complexity index is 1500. The predicted molar refractivity (Wildman–Crippen MR) is 141 cm³/mol. The summed E-state index contributed by atoms with van der Waals surface area (Å²) < 4.78 is 32.6. The summed E-state index contributed by atoms with van der Waals surface area (Å²) in [4.78, 5) is 13.6. The molecule has 1 heterocycles. The topological polar surface area (TPSA) is 98.5 Å². The van der Waals surface area contributed by atoms with Gasteiger partial charge < -0.3 is 15.8 Å². The zero-order valence-corrected chi connectivity index (χ0v) is 21.5. The summed E-state index contributed by atoms with van der Waals surface area (Å²) in [6, 6.07) is 19.1. The van der Waals surface area contributed by atoms with E-state index in [9.17, 15) is 13.2 Å². The maximum atomic E-state index is 13.7. The number of ether oxygens (including phenoxy) is 1. The molecule has 180 valence electrons. The maximum Gasteiger partial charge on any atom is 0.211 e. The van der Waals surface area contributed by atoms with Gasteiger partial charge in [-0.2, -0.15) is 0 Å². The summed E-state index contributed by atoms with van der Waals surface area (Å²) in [6.07, 6.45) is 0. The molecule has 0 saturated carbocycles. The Morgan fingerprint density at radius 3 is 2.14 bits per heavy atom. The third-order valence-electron chi connectivity index (χ3n) is 5.68. The first-order chi connectivity index (χ1) is 16.6. The van der Waals surface area contributed by atoms with Gasteiger partial charge in [0.05, 0.1) is 17.7 Å². The lowest BCUT2D eigenvalue weighted by Crippen LogP contribution is -2.09. The van der Waals surface area contributed by atoms with Crippen molar-refractivity contribution in [2.45, 2.75) is 30.6 Å². The van der Waals surface area contributed by atoms with E-state index in [1.165, 1.54) is 19.2 Å². The van der Waals surface area contributed by atoms with Gasteiger partial charge in [-0.1, -0.05) is 41.5 Å². The number of sulfone groups is 1. The maximum absolute atomic E-state index is 13.7. The summed E-state index contributed by atoms with van der Waals surface area (Å²) in [7, 11) is -2.54. The van der Waals surface area contributed by atoms with Gasteiger partial charge in [0.2, 0.25) is 15.6 Å². The van der Waals surface area contributed by atoms with Gasteiger partial charge in [-0.3, -0.25) is 4.79 Å². The first-order valence-corrected chi connectivity index (χ1v) is 13.2. The van der Waals surface area contributed by atoms with Crippen molar-refractivity contribution in [3.63, 3.8) is 0 Å². The lowest BCUT2D eigenvalue weighted by atomic mass is 10.0. The summed E-state index contributed by atoms with van der Waals surface area (Å²) in [5.74, 6) is 0.221. The van der Waals surface area contributed by atoms with E-state index in [1.807, 2.05) is 57.2 Å². The molecule has 8 heteroatoms. The quantitative estimate of drug-likeness (QED) is 0.295. The average molecular weight is 507 g/mol. The second-order valence-corrected chi connectivity index (χ2v) is 11.2. The van der Waals surface area contributed by atoms with Crippen molar-refractivity contribution in [2.24, 2.45) is 0 Å². The van der Waals surface area contributed by atoms with Crippen LogP contribution in [0.25, 0.3) is 0 Å². The first kappa shape index (κ1) is 24.5. The van der Waals surface area contributed by atoms with Crippen LogP contribution in [0.3, 0.4) is 0 Å². The van der Waals surface area contributed by atoms with E-state index in [0.29, 0.717) is 17.0 Å². The van der Waals surface area contributed by atoms with Crippen molar-refractivity contribution in [2.75, 3.05) is 18.2 Å². The fourth-order valence-electron chi connectivity index (χ4n) is 3.78. The Morgan fingerprint density at radius 2 is 1.54 bits per heavy atom. The average Bonchev–Trinajstić information content (AvgIpc) is 3.16. The van der Waals surface area contributed by atoms with Crippen molar-refractivity contribution >= 4 is 43.3 Å². The molecular weight excluding hydrogens is 480 g/mol. The zero-order chi connectivity index (χ0) is 25.3. The first-order valence-electron chi connectivity index (χ1n) is 10.9. The van der Waals surface area contributed by atoms with Crippen LogP contribution < -0.4 is 15.8 Å². The van der Waals surface area contributed by atoms with E-state index < -0.39 is 9.84 Å². The van der Waals surface area contributed by atoms with Crippen molar-refractivity contribution in [3.05, 3.63) is 93.9 Å². The number of hydrogen-bond acceptors (Lipinski definition) is 7. The lowest BCUT2D eigenvalue weighted by molar-refractivity contribution is 0.104. The normalized spacial score (nSPS) is 11.3. The number of hydrogen-bond donors (Lipinski definition) is 2. The van der Waals surface area contributed by atoms with E-state index in [4.69, 9.17) is 10.5 Å². The van der Waals surface area contributed by atoms with Gasteiger partial charge in [0.15, 0.2) is 0 Å². The van der Waals surface area contributed by atoms with E-state index in [1.54, 1.807) is 18.2 Å². The predicted octanol–water partition coefficient (Wildman–Crippen LogP) is 6.07. The minimum atomic E-state index is -4.05. The molecule has 0 amide bonds. The van der Waals surface area contributed by atoms with Crippen LogP contribution in [0.15, 0.2) is 76.5 Å². The number of nitrogens with two attached hydrogens (primary N) is 1. The number of anilines is 3. The molecule has 6 nitrogen and oxygen atoms in total. The largest absolute Gasteiger partial charge is 0.497 e. The van der Waals surface area contributed by atoms with Crippen molar-refractivity contribution in [1.82, 2.24) is 0 Å². The Morgan fingerprint density at radius 1 is 0.914 bits per heavy atom. The van der Waals surface area contributed by atoms with E-state index >= 15 is 0 Å². The number of carbonyl (C=O) groups excluding carboxylic acids is 1. The highest BCUT2D eigenvalue weighted by Gasteiger charge is 2.32. The number of nitrogens with one attached hydrogen (secondary N) is 1. The molecule has 0 aliphatic carbocycles. The molecule has 0 aliphatic heterocycles. The van der Waals surface area contributed by atoms with E-state index in [2.05, 4.69) is 5.32 Å². The van der Waals surface area contributed by atoms with Gasteiger partial charge in [0, 0.05) is 11.3 Å². The lowest BCUT2D eigenvalue weighted by Gasteiger charge is -2.10. The molecule has 0 saturated heterocycles. The molecule has 0 spiro atoms. The van der Waals surface area contributed by atoms with Crippen LogP contribution in [0.2, 0.25) is 0 Å². The molecule has 0 bridgehead atoms. The van der Waals surface area contributed by atoms with Gasteiger partial charge >= 0.3 is 0 Å². The highest BCUT2D eigenvalue weighted by atomic mass is 32.2. The number of methoxy groups -OCH3 is 1. The number of rotatable bonds is 7. The number of thiophene rings is 1. The number of ketones is 1. The van der Waals surface area contributed by atoms with Crippen LogP contribution in [0, 0.1) is 20.8 Å². The van der Waals surface area contributed by atoms with Gasteiger partial charge in [0.25, 0.3) is 0 Å². The van der Waals surface area contributed by atoms with E-state index in [-0.39, 0.29) is 31.1 Å². The van der Waals surface area contributed by atoms with Gasteiger partial charge in [0.1, 0.15) is 20.5 Å². The Balaban J connectivity index is 1.88. The van der Waals surface area contributed by atoms with Gasteiger partial charge in [-0.15, -0.1) is 11.3 Å². The minimum Gasteiger partial charge on any atom is -0.497 e. The van der Waals surface area contributed by atoms with Gasteiger partial charge in [-0.05, 0) is 62.7 Å². The summed E-state index contributed by atoms with van der Waals surface area (Å²) in [6.45, 7) is 5.77. The SMILES string of the molecule is COc1ccc(S(=O)(=O)c2c(Nc3ccc(C)cc3)sc(C(=O)c3ccc(C)cc3C)c2N)cc1. The molecule has 0 radical (unpaired) electrons. The van der Waals surface area contributed by atoms with Crippen LogP contribution in [0.1, 0.15) is 31.9 Å². The molecule has 4 rings (SSSR count). The van der Waals surface area contributed by atoms with Crippen LogP contribution >= 0.6 is 11.3 Å². The molecule has 3 N–H and O–H groups in total. The van der Waals surface area contributed by atoms with Crippen LogP contribution in [0.5, 0.6) is 5.75 Å². The standard InChI is InChI=1S/C27H26N2O4S2/c1-16-5-8-19(9-6-16)29-27-26(35(31,32)21-12-10-20(33-4)11-13-21)23(28)25(34-27)24(30)22-14-7-17(2)15-18(22)3/h5-15,29H,28H2,1-4H3. The molecule has 1 aromatic heterocycles. The third kappa shape index (κ3) is 4.80. The van der Waals surface area contributed by atoms with Crippen molar-refractivity contribution < 1.29 is 17.9 Å². The molecule has 0 fully saturated rings. The molecule has 35 heavy (non-hydrogen) atoms. The number of carbonyl (C=O) groups is 1. The summed E-state index contributed by atoms with van der Waals surface area (Å²) in [5, 5.41) is 3.46. The molecule has 0 atom stereocenters. The number of nitrogen functional groups attached to an aromatic ring is 1. The van der Waals surface area contributed by atoms with Gasteiger partial charge in [-0.25, -0.2) is 8.42 Å². The minimum absolute atomic E-state index is 0.0558. The van der Waals surface area contributed by atoms with Crippen LogP contribution in [-0.2, 0) is 9.84 Å². The number of aryl methyl sites for hydroxylation is 3. The van der Waals surface area contributed by atoms with Crippen LogP contribution in [0.4, 0.5) is 16.4 Å². The Kier molecular flexibility index (Phi) is 6.69. The smallest absolute Gasteiger partial charge is 0.211 e. The highest BCUT2D eigenvalue weighted by Crippen LogP contribution is 2.44. The molecule has 4 aromatic rings. The fraction of sp³-hybridized carbons (Fsp3) is 0.148. The summed E-state index contributed by atoms with van der Waals surface area (Å²) in [5.41, 5.74) is 10.4. The third-order valence-corrected chi connectivity index (χ3v) is 8.78. The number of benzene rings is 3. The van der Waals surface area contributed by atoms with Crippen molar-refractivity contribution in [3.8, 4) is 5.75 Å². The molecular formula is C27H26N2O4S2. The summed E-state index contributed by atoms with van der Waals surface area (Å²) >= 11 is 1.04. The second-order valence-electron chi connectivity index (χ2n) is 8.32. The zero-order valence-electron chi connectivity index (χ0n) is 19.9. The second kappa shape index (κ2) is 9.56.